The average molecular weight is 296 g/mol. The van der Waals surface area contributed by atoms with E-state index in [1.165, 1.54) is 45.3 Å². The van der Waals surface area contributed by atoms with Gasteiger partial charge in [0.15, 0.2) is 0 Å². The Labute approximate surface area is 132 Å². The number of rotatable bonds is 4. The summed E-state index contributed by atoms with van der Waals surface area (Å²) in [6.07, 6.45) is 5.34. The summed E-state index contributed by atoms with van der Waals surface area (Å²) in [5.74, 6) is 0. The Morgan fingerprint density at radius 2 is 1.86 bits per heavy atom. The summed E-state index contributed by atoms with van der Waals surface area (Å²) in [5.41, 5.74) is 0.723. The Morgan fingerprint density at radius 1 is 1.14 bits per heavy atom. The molecule has 1 aliphatic carbocycles. The van der Waals surface area contributed by atoms with Gasteiger partial charge < -0.3 is 5.32 Å². The van der Waals surface area contributed by atoms with Crippen LogP contribution >= 0.6 is 0 Å². The van der Waals surface area contributed by atoms with Crippen molar-refractivity contribution >= 4 is 0 Å². The minimum absolute atomic E-state index is 0.301. The van der Waals surface area contributed by atoms with Crippen LogP contribution in [0.5, 0.6) is 0 Å². The van der Waals surface area contributed by atoms with E-state index >= 15 is 0 Å². The van der Waals surface area contributed by atoms with Gasteiger partial charge in [-0.1, -0.05) is 27.2 Å². The Bertz CT molecular complexity index is 337. The summed E-state index contributed by atoms with van der Waals surface area (Å²) in [7, 11) is 2.27. The maximum absolute atomic E-state index is 3.89. The predicted octanol–water partition coefficient (Wildman–Crippen LogP) is 2.96. The van der Waals surface area contributed by atoms with Crippen molar-refractivity contribution in [3.05, 3.63) is 0 Å². The van der Waals surface area contributed by atoms with Gasteiger partial charge in [-0.2, -0.15) is 0 Å². The fourth-order valence-electron chi connectivity index (χ4n) is 4.28. The lowest BCUT2D eigenvalue weighted by atomic mass is 9.70. The zero-order chi connectivity index (χ0) is 15.7. The molecular formula is C18H37N3. The molecule has 0 aromatic heterocycles. The molecule has 1 saturated carbocycles. The molecule has 21 heavy (non-hydrogen) atoms. The van der Waals surface area contributed by atoms with Gasteiger partial charge in [0.1, 0.15) is 0 Å². The van der Waals surface area contributed by atoms with Gasteiger partial charge in [-0.05, 0) is 52.1 Å². The molecule has 1 N–H and O–H groups in total. The number of hydrogen-bond acceptors (Lipinski definition) is 3. The second-order valence-corrected chi connectivity index (χ2v) is 8.58. The number of nitrogens with one attached hydrogen (secondary N) is 1. The quantitative estimate of drug-likeness (QED) is 0.860. The molecule has 0 bridgehead atoms. The molecule has 1 aliphatic heterocycles. The summed E-state index contributed by atoms with van der Waals surface area (Å²) < 4.78 is 0. The number of hydrogen-bond donors (Lipinski definition) is 1. The lowest BCUT2D eigenvalue weighted by molar-refractivity contribution is -0.0240. The summed E-state index contributed by atoms with van der Waals surface area (Å²) in [6.45, 7) is 16.8. The maximum Gasteiger partial charge on any atom is 0.0277 e. The largest absolute Gasteiger partial charge is 0.312 e. The molecule has 2 unspecified atom stereocenters. The molecule has 2 atom stereocenters. The molecule has 3 nitrogen and oxygen atoms in total. The normalized spacial score (nSPS) is 34.0. The fraction of sp³-hybridized carbons (Fsp3) is 1.00. The van der Waals surface area contributed by atoms with Gasteiger partial charge in [-0.25, -0.2) is 0 Å². The Morgan fingerprint density at radius 3 is 2.48 bits per heavy atom. The lowest BCUT2D eigenvalue weighted by Crippen LogP contribution is -2.66. The van der Waals surface area contributed by atoms with Crippen LogP contribution in [0.3, 0.4) is 0 Å². The van der Waals surface area contributed by atoms with Gasteiger partial charge in [0.25, 0.3) is 0 Å². The zero-order valence-corrected chi connectivity index (χ0v) is 15.2. The van der Waals surface area contributed by atoms with E-state index in [1.807, 2.05) is 0 Å². The van der Waals surface area contributed by atoms with Crippen LogP contribution in [-0.2, 0) is 0 Å². The molecule has 0 aromatic carbocycles. The summed E-state index contributed by atoms with van der Waals surface area (Å²) in [6, 6.07) is 1.36. The van der Waals surface area contributed by atoms with E-state index in [9.17, 15) is 0 Å². The van der Waals surface area contributed by atoms with Crippen LogP contribution in [0.1, 0.15) is 60.3 Å². The van der Waals surface area contributed by atoms with Crippen LogP contribution in [0.2, 0.25) is 0 Å². The van der Waals surface area contributed by atoms with E-state index in [-0.39, 0.29) is 0 Å². The average Bonchev–Trinajstić information content (AvgIpc) is 2.39. The first-order valence-electron chi connectivity index (χ1n) is 8.96. The molecule has 2 fully saturated rings. The lowest BCUT2D eigenvalue weighted by Gasteiger charge is -2.54. The van der Waals surface area contributed by atoms with E-state index in [4.69, 9.17) is 0 Å². The van der Waals surface area contributed by atoms with Gasteiger partial charge in [-0.3, -0.25) is 9.80 Å². The molecule has 3 heteroatoms. The number of likely N-dealkylation sites (N-methyl/N-ethyl adjacent to an activating group) is 1. The van der Waals surface area contributed by atoms with Crippen LogP contribution < -0.4 is 5.32 Å². The van der Waals surface area contributed by atoms with E-state index in [0.29, 0.717) is 23.0 Å². The molecule has 0 aromatic rings. The van der Waals surface area contributed by atoms with Crippen molar-refractivity contribution in [1.29, 1.82) is 0 Å². The molecule has 1 heterocycles. The van der Waals surface area contributed by atoms with Crippen LogP contribution in [0.25, 0.3) is 0 Å². The standard InChI is InChI=1S/C18H37N3/c1-7-11-19-16-15(9-8-10-17(16,2)3)21-13-12-20(6)18(4,5)14-21/h15-16,19H,7-14H2,1-6H3. The molecule has 124 valence electrons. The third kappa shape index (κ3) is 3.80. The highest BCUT2D eigenvalue weighted by atomic mass is 15.3. The van der Waals surface area contributed by atoms with Crippen molar-refractivity contribution < 1.29 is 0 Å². The minimum Gasteiger partial charge on any atom is -0.312 e. The molecule has 2 aliphatic rings. The van der Waals surface area contributed by atoms with Gasteiger partial charge in [0.2, 0.25) is 0 Å². The van der Waals surface area contributed by atoms with Crippen LogP contribution in [-0.4, -0.2) is 60.6 Å². The fourth-order valence-corrected chi connectivity index (χ4v) is 4.28. The molecular weight excluding hydrogens is 258 g/mol. The molecule has 0 amide bonds. The van der Waals surface area contributed by atoms with Gasteiger partial charge in [0.05, 0.1) is 0 Å². The van der Waals surface area contributed by atoms with E-state index in [1.54, 1.807) is 0 Å². The zero-order valence-electron chi connectivity index (χ0n) is 15.2. The minimum atomic E-state index is 0.301. The van der Waals surface area contributed by atoms with Gasteiger partial charge >= 0.3 is 0 Å². The summed E-state index contributed by atoms with van der Waals surface area (Å²) >= 11 is 0. The van der Waals surface area contributed by atoms with E-state index in [2.05, 4.69) is 56.8 Å². The Balaban J connectivity index is 2.11. The topological polar surface area (TPSA) is 18.5 Å². The van der Waals surface area contributed by atoms with Crippen LogP contribution in [0.15, 0.2) is 0 Å². The van der Waals surface area contributed by atoms with E-state index < -0.39 is 0 Å². The highest BCUT2D eigenvalue weighted by Gasteiger charge is 2.43. The first-order valence-corrected chi connectivity index (χ1v) is 8.96. The molecule has 0 radical (unpaired) electrons. The monoisotopic (exact) mass is 295 g/mol. The molecule has 0 spiro atoms. The predicted molar refractivity (Wildman–Crippen MR) is 91.8 cm³/mol. The second kappa shape index (κ2) is 6.55. The van der Waals surface area contributed by atoms with E-state index in [0.717, 1.165) is 6.54 Å². The van der Waals surface area contributed by atoms with Crippen molar-refractivity contribution in [3.63, 3.8) is 0 Å². The van der Waals surface area contributed by atoms with Crippen LogP contribution in [0.4, 0.5) is 0 Å². The first kappa shape index (κ1) is 17.2. The second-order valence-electron chi connectivity index (χ2n) is 8.58. The van der Waals surface area contributed by atoms with Gasteiger partial charge in [-0.15, -0.1) is 0 Å². The highest BCUT2D eigenvalue weighted by molar-refractivity contribution is 5.01. The highest BCUT2D eigenvalue weighted by Crippen LogP contribution is 2.39. The van der Waals surface area contributed by atoms with Gasteiger partial charge in [0, 0.05) is 37.3 Å². The number of nitrogens with zero attached hydrogens (tertiary/aromatic N) is 2. The van der Waals surface area contributed by atoms with Crippen molar-refractivity contribution in [3.8, 4) is 0 Å². The number of piperazine rings is 1. The molecule has 2 rings (SSSR count). The first-order chi connectivity index (χ1) is 9.78. The van der Waals surface area contributed by atoms with Crippen LogP contribution in [0, 0.1) is 5.41 Å². The Hall–Kier alpha value is -0.120. The summed E-state index contributed by atoms with van der Waals surface area (Å²) in [4.78, 5) is 5.31. The SMILES string of the molecule is CCCNC1C(N2CCN(C)C(C)(C)C2)CCCC1(C)C. The smallest absolute Gasteiger partial charge is 0.0277 e. The van der Waals surface area contributed by atoms with Crippen molar-refractivity contribution in [2.45, 2.75) is 77.9 Å². The Kier molecular flexibility index (Phi) is 5.38. The molecule has 1 saturated heterocycles. The third-order valence-corrected chi connectivity index (χ3v) is 5.98. The maximum atomic E-state index is 3.89. The van der Waals surface area contributed by atoms with Crippen molar-refractivity contribution in [1.82, 2.24) is 15.1 Å². The third-order valence-electron chi connectivity index (χ3n) is 5.98. The van der Waals surface area contributed by atoms with Crippen molar-refractivity contribution in [2.24, 2.45) is 5.41 Å². The summed E-state index contributed by atoms with van der Waals surface area (Å²) in [5, 5.41) is 3.89. The van der Waals surface area contributed by atoms with Crippen molar-refractivity contribution in [2.75, 3.05) is 33.2 Å².